The van der Waals surface area contributed by atoms with E-state index in [1.54, 1.807) is 20.3 Å². The lowest BCUT2D eigenvalue weighted by Crippen LogP contribution is -2.45. The highest BCUT2D eigenvalue weighted by atomic mass is 16.5. The van der Waals surface area contributed by atoms with Gasteiger partial charge in [0.05, 0.1) is 20.3 Å². The van der Waals surface area contributed by atoms with E-state index in [4.69, 9.17) is 18.6 Å². The van der Waals surface area contributed by atoms with Gasteiger partial charge in [-0.05, 0) is 67.1 Å². The molecule has 2 heterocycles. The van der Waals surface area contributed by atoms with E-state index in [1.807, 2.05) is 36.1 Å². The Kier molecular flexibility index (Phi) is 6.90. The van der Waals surface area contributed by atoms with Gasteiger partial charge >= 0.3 is 5.63 Å². The summed E-state index contributed by atoms with van der Waals surface area (Å²) in [7, 11) is 3.25. The van der Waals surface area contributed by atoms with Crippen molar-refractivity contribution in [3.05, 3.63) is 63.5 Å². The van der Waals surface area contributed by atoms with Gasteiger partial charge in [0, 0.05) is 30.0 Å². The normalized spacial score (nSPS) is 18.1. The number of hydrogen-bond acceptors (Lipinski definition) is 6. The third kappa shape index (κ3) is 4.66. The fourth-order valence-corrected chi connectivity index (χ4v) is 5.63. The fraction of sp³-hybridized carbons (Fsp3) is 0.448. The maximum atomic E-state index is 13.7. The number of rotatable bonds is 6. The zero-order valence-electron chi connectivity index (χ0n) is 21.2. The number of benzene rings is 2. The lowest BCUT2D eigenvalue weighted by atomic mass is 9.86. The van der Waals surface area contributed by atoms with Crippen molar-refractivity contribution in [1.82, 2.24) is 4.90 Å². The summed E-state index contributed by atoms with van der Waals surface area (Å²) in [5, 5.41) is 0.871. The highest BCUT2D eigenvalue weighted by Gasteiger charge is 2.36. The van der Waals surface area contributed by atoms with E-state index in [9.17, 15) is 9.59 Å². The van der Waals surface area contributed by atoms with Crippen molar-refractivity contribution in [2.45, 2.75) is 51.5 Å². The summed E-state index contributed by atoms with van der Waals surface area (Å²) in [6.45, 7) is 2.80. The van der Waals surface area contributed by atoms with Crippen molar-refractivity contribution in [3.8, 4) is 17.2 Å². The SMILES string of the molecule is COc1cc2c(cc1OC)C(COc1ccc3c(C)cc(=O)oc3c1)N(C(=O)C1CCCCC1)CC2. The maximum absolute atomic E-state index is 13.7. The van der Waals surface area contributed by atoms with Gasteiger partial charge in [0.2, 0.25) is 5.91 Å². The van der Waals surface area contributed by atoms with Gasteiger partial charge in [-0.1, -0.05) is 19.3 Å². The molecule has 5 rings (SSSR count). The number of carbonyl (C=O) groups excluding carboxylic acids is 1. The molecular formula is C29H33NO6. The number of carbonyl (C=O) groups is 1. The lowest BCUT2D eigenvalue weighted by molar-refractivity contribution is -0.140. The van der Waals surface area contributed by atoms with Crippen LogP contribution in [-0.4, -0.2) is 38.2 Å². The first-order chi connectivity index (χ1) is 17.5. The Morgan fingerprint density at radius 3 is 2.53 bits per heavy atom. The first-order valence-corrected chi connectivity index (χ1v) is 12.7. The largest absolute Gasteiger partial charge is 0.493 e. The van der Waals surface area contributed by atoms with E-state index in [1.165, 1.54) is 12.5 Å². The third-order valence-corrected chi connectivity index (χ3v) is 7.57. The van der Waals surface area contributed by atoms with E-state index in [0.29, 0.717) is 29.4 Å². The minimum absolute atomic E-state index is 0.0702. The molecule has 1 amide bonds. The highest BCUT2D eigenvalue weighted by Crippen LogP contribution is 2.40. The van der Waals surface area contributed by atoms with Crippen molar-refractivity contribution in [1.29, 1.82) is 0 Å². The van der Waals surface area contributed by atoms with Crippen LogP contribution in [0.5, 0.6) is 17.2 Å². The minimum atomic E-state index is -0.386. The smallest absolute Gasteiger partial charge is 0.336 e. The molecule has 0 spiro atoms. The van der Waals surface area contributed by atoms with Crippen molar-refractivity contribution in [3.63, 3.8) is 0 Å². The van der Waals surface area contributed by atoms with Crippen LogP contribution >= 0.6 is 0 Å². The molecule has 7 heteroatoms. The van der Waals surface area contributed by atoms with Crippen LogP contribution in [0.3, 0.4) is 0 Å². The van der Waals surface area contributed by atoms with Gasteiger partial charge in [0.15, 0.2) is 11.5 Å². The highest BCUT2D eigenvalue weighted by molar-refractivity contribution is 5.81. The van der Waals surface area contributed by atoms with Gasteiger partial charge in [-0.15, -0.1) is 0 Å². The van der Waals surface area contributed by atoms with Crippen LogP contribution in [0.1, 0.15) is 54.8 Å². The Morgan fingerprint density at radius 1 is 1.03 bits per heavy atom. The number of nitrogens with zero attached hydrogens (tertiary/aromatic N) is 1. The first-order valence-electron chi connectivity index (χ1n) is 12.7. The second-order valence-electron chi connectivity index (χ2n) is 9.76. The average molecular weight is 492 g/mol. The van der Waals surface area contributed by atoms with Crippen LogP contribution in [0, 0.1) is 12.8 Å². The second-order valence-corrected chi connectivity index (χ2v) is 9.76. The molecule has 0 N–H and O–H groups in total. The van der Waals surface area contributed by atoms with E-state index in [-0.39, 0.29) is 30.1 Å². The molecule has 2 aromatic carbocycles. The molecule has 7 nitrogen and oxygen atoms in total. The van der Waals surface area contributed by atoms with Crippen LogP contribution in [-0.2, 0) is 11.2 Å². The second kappa shape index (κ2) is 10.2. The molecule has 3 aromatic rings. The van der Waals surface area contributed by atoms with Gasteiger partial charge in [-0.3, -0.25) is 4.79 Å². The Hall–Kier alpha value is -3.48. The van der Waals surface area contributed by atoms with Gasteiger partial charge in [0.25, 0.3) is 0 Å². The van der Waals surface area contributed by atoms with E-state index < -0.39 is 0 Å². The van der Waals surface area contributed by atoms with Crippen LogP contribution in [0.15, 0.2) is 45.6 Å². The van der Waals surface area contributed by atoms with Crippen LogP contribution in [0.25, 0.3) is 11.0 Å². The van der Waals surface area contributed by atoms with Crippen LogP contribution in [0.2, 0.25) is 0 Å². The van der Waals surface area contributed by atoms with Crippen molar-refractivity contribution in [2.75, 3.05) is 27.4 Å². The Bertz CT molecular complexity index is 1320. The number of methoxy groups -OCH3 is 2. The molecule has 1 aromatic heterocycles. The van der Waals surface area contributed by atoms with E-state index in [2.05, 4.69) is 0 Å². The number of hydrogen-bond donors (Lipinski definition) is 0. The maximum Gasteiger partial charge on any atom is 0.336 e. The molecule has 0 radical (unpaired) electrons. The third-order valence-electron chi connectivity index (χ3n) is 7.57. The molecule has 0 saturated heterocycles. The molecule has 1 saturated carbocycles. The Balaban J connectivity index is 1.47. The topological polar surface area (TPSA) is 78.2 Å². The standard InChI is InChI=1S/C29H33NO6/c1-18-13-28(31)36-25-15-21(9-10-22(18)25)35-17-24-23-16-27(34-3)26(33-2)14-20(23)11-12-30(24)29(32)19-7-5-4-6-8-19/h9-10,13-16,19,24H,4-8,11-12,17H2,1-3H3. The predicted molar refractivity (Wildman–Crippen MR) is 137 cm³/mol. The zero-order chi connectivity index (χ0) is 25.2. The molecule has 1 unspecified atom stereocenters. The van der Waals surface area contributed by atoms with E-state index >= 15 is 0 Å². The van der Waals surface area contributed by atoms with Gasteiger partial charge in [-0.2, -0.15) is 0 Å². The Morgan fingerprint density at radius 2 is 1.78 bits per heavy atom. The molecule has 1 aliphatic carbocycles. The number of amides is 1. The molecule has 1 fully saturated rings. The summed E-state index contributed by atoms with van der Waals surface area (Å²) in [5.41, 5.74) is 3.12. The monoisotopic (exact) mass is 491 g/mol. The Labute approximate surface area is 210 Å². The van der Waals surface area contributed by atoms with Crippen LogP contribution in [0.4, 0.5) is 0 Å². The summed E-state index contributed by atoms with van der Waals surface area (Å²) >= 11 is 0. The molecule has 2 aliphatic rings. The van der Waals surface area contributed by atoms with Gasteiger partial charge < -0.3 is 23.5 Å². The number of aryl methyl sites for hydroxylation is 1. The predicted octanol–water partition coefficient (Wildman–Crippen LogP) is 5.20. The molecule has 36 heavy (non-hydrogen) atoms. The fourth-order valence-electron chi connectivity index (χ4n) is 5.63. The molecular weight excluding hydrogens is 458 g/mol. The molecule has 0 bridgehead atoms. The summed E-state index contributed by atoms with van der Waals surface area (Å²) in [6.07, 6.45) is 6.07. The first kappa shape index (κ1) is 24.2. The molecule has 1 aliphatic heterocycles. The minimum Gasteiger partial charge on any atom is -0.493 e. The quantitative estimate of drug-likeness (QED) is 0.441. The van der Waals surface area contributed by atoms with Gasteiger partial charge in [-0.25, -0.2) is 4.79 Å². The lowest BCUT2D eigenvalue weighted by Gasteiger charge is -2.40. The van der Waals surface area contributed by atoms with Gasteiger partial charge in [0.1, 0.15) is 17.9 Å². The molecule has 190 valence electrons. The number of fused-ring (bicyclic) bond motifs is 2. The average Bonchev–Trinajstić information content (AvgIpc) is 2.90. The summed E-state index contributed by atoms with van der Waals surface area (Å²) in [5.74, 6) is 2.19. The van der Waals surface area contributed by atoms with Crippen molar-refractivity contribution < 1.29 is 23.4 Å². The van der Waals surface area contributed by atoms with E-state index in [0.717, 1.165) is 54.2 Å². The van der Waals surface area contributed by atoms with Crippen LogP contribution < -0.4 is 19.8 Å². The zero-order valence-corrected chi connectivity index (χ0v) is 21.2. The van der Waals surface area contributed by atoms with Crippen molar-refractivity contribution in [2.24, 2.45) is 5.92 Å². The summed E-state index contributed by atoms with van der Waals surface area (Å²) in [4.78, 5) is 27.5. The summed E-state index contributed by atoms with van der Waals surface area (Å²) in [6, 6.07) is 10.7. The molecule has 1 atom stereocenters. The summed E-state index contributed by atoms with van der Waals surface area (Å²) < 4.78 is 22.8. The number of ether oxygens (including phenoxy) is 3. The van der Waals surface area contributed by atoms with Crippen molar-refractivity contribution >= 4 is 16.9 Å².